The Hall–Kier alpha value is -2.64. The number of carbonyl (C=O) groups is 2. The second-order valence-electron chi connectivity index (χ2n) is 5.56. The minimum atomic E-state index is -0.508. The molecule has 0 saturated heterocycles. The predicted molar refractivity (Wildman–Crippen MR) is 82.0 cm³/mol. The van der Waals surface area contributed by atoms with Gasteiger partial charge in [0.05, 0.1) is 18.5 Å². The Labute approximate surface area is 133 Å². The molecule has 3 N–H and O–H groups in total. The van der Waals surface area contributed by atoms with Crippen LogP contribution < -0.4 is 5.32 Å². The van der Waals surface area contributed by atoms with Crippen LogP contribution in [0.1, 0.15) is 40.9 Å². The number of aromatic amines is 2. The molecule has 1 amide bonds. The SMILES string of the molecule is CCOC(=O)c1cn[nH]c1NC(=O)C1CCc2nc(C)[nH]c2C1. The number of esters is 1. The van der Waals surface area contributed by atoms with Gasteiger partial charge in [-0.25, -0.2) is 9.78 Å². The van der Waals surface area contributed by atoms with Crippen molar-refractivity contribution in [2.75, 3.05) is 11.9 Å². The lowest BCUT2D eigenvalue weighted by molar-refractivity contribution is -0.120. The van der Waals surface area contributed by atoms with E-state index < -0.39 is 5.97 Å². The van der Waals surface area contributed by atoms with Crippen molar-refractivity contribution >= 4 is 17.7 Å². The summed E-state index contributed by atoms with van der Waals surface area (Å²) in [6.45, 7) is 3.90. The standard InChI is InChI=1S/C15H19N5O3/c1-3-23-15(22)10-7-16-20-13(10)19-14(21)9-4-5-11-12(6-9)18-8(2)17-11/h7,9H,3-6H2,1-2H3,(H,17,18)(H2,16,19,20,21). The number of carbonyl (C=O) groups excluding carboxylic acids is 2. The number of amides is 1. The minimum Gasteiger partial charge on any atom is -0.462 e. The summed E-state index contributed by atoms with van der Waals surface area (Å²) in [5.74, 6) is 0.333. The summed E-state index contributed by atoms with van der Waals surface area (Å²) >= 11 is 0. The number of nitrogens with one attached hydrogen (secondary N) is 3. The highest BCUT2D eigenvalue weighted by Gasteiger charge is 2.28. The van der Waals surface area contributed by atoms with Crippen molar-refractivity contribution in [1.82, 2.24) is 20.2 Å². The smallest absolute Gasteiger partial charge is 0.343 e. The summed E-state index contributed by atoms with van der Waals surface area (Å²) in [4.78, 5) is 31.9. The summed E-state index contributed by atoms with van der Waals surface area (Å²) in [5, 5.41) is 9.19. The molecule has 0 saturated carbocycles. The maximum atomic E-state index is 12.5. The molecule has 2 aromatic rings. The molecule has 23 heavy (non-hydrogen) atoms. The number of hydrogen-bond donors (Lipinski definition) is 3. The molecule has 1 unspecified atom stereocenters. The van der Waals surface area contributed by atoms with Crippen LogP contribution in [0.2, 0.25) is 0 Å². The van der Waals surface area contributed by atoms with Crippen LogP contribution in [-0.4, -0.2) is 38.6 Å². The number of hydrogen-bond acceptors (Lipinski definition) is 5. The molecule has 1 aliphatic carbocycles. The van der Waals surface area contributed by atoms with Gasteiger partial charge >= 0.3 is 5.97 Å². The Morgan fingerprint density at radius 1 is 1.48 bits per heavy atom. The van der Waals surface area contributed by atoms with E-state index in [9.17, 15) is 9.59 Å². The Morgan fingerprint density at radius 2 is 2.30 bits per heavy atom. The average molecular weight is 317 g/mol. The van der Waals surface area contributed by atoms with Crippen LogP contribution in [0.15, 0.2) is 6.20 Å². The van der Waals surface area contributed by atoms with Gasteiger partial charge in [-0.15, -0.1) is 0 Å². The highest BCUT2D eigenvalue weighted by molar-refractivity contribution is 6.00. The molecular formula is C15H19N5O3. The molecule has 0 radical (unpaired) electrons. The number of anilines is 1. The summed E-state index contributed by atoms with van der Waals surface area (Å²) in [5.41, 5.74) is 2.29. The van der Waals surface area contributed by atoms with Gasteiger partial charge in [0, 0.05) is 18.0 Å². The van der Waals surface area contributed by atoms with Crippen molar-refractivity contribution in [3.8, 4) is 0 Å². The van der Waals surface area contributed by atoms with Crippen LogP contribution in [0.25, 0.3) is 0 Å². The predicted octanol–water partition coefficient (Wildman–Crippen LogP) is 1.36. The molecule has 1 aliphatic rings. The fourth-order valence-corrected chi connectivity index (χ4v) is 2.82. The van der Waals surface area contributed by atoms with Gasteiger partial charge in [0.15, 0.2) is 0 Å². The van der Waals surface area contributed by atoms with Crippen LogP contribution in [0, 0.1) is 12.8 Å². The van der Waals surface area contributed by atoms with Crippen LogP contribution in [0.3, 0.4) is 0 Å². The maximum absolute atomic E-state index is 12.5. The van der Waals surface area contributed by atoms with E-state index in [2.05, 4.69) is 25.5 Å². The van der Waals surface area contributed by atoms with Gasteiger partial charge in [-0.3, -0.25) is 9.89 Å². The number of rotatable bonds is 4. The Morgan fingerprint density at radius 3 is 3.09 bits per heavy atom. The highest BCUT2D eigenvalue weighted by atomic mass is 16.5. The summed E-state index contributed by atoms with van der Waals surface area (Å²) < 4.78 is 4.94. The molecule has 2 aromatic heterocycles. The zero-order valence-corrected chi connectivity index (χ0v) is 13.1. The normalized spacial score (nSPS) is 16.7. The molecule has 0 aliphatic heterocycles. The lowest BCUT2D eigenvalue weighted by atomic mass is 9.89. The molecule has 0 fully saturated rings. The lowest BCUT2D eigenvalue weighted by Crippen LogP contribution is -2.29. The van der Waals surface area contributed by atoms with E-state index >= 15 is 0 Å². The Bertz CT molecular complexity index is 733. The van der Waals surface area contributed by atoms with E-state index in [1.165, 1.54) is 6.20 Å². The van der Waals surface area contributed by atoms with Crippen molar-refractivity contribution in [2.24, 2.45) is 5.92 Å². The molecule has 8 nitrogen and oxygen atoms in total. The monoisotopic (exact) mass is 317 g/mol. The third-order valence-electron chi connectivity index (χ3n) is 3.92. The summed E-state index contributed by atoms with van der Waals surface area (Å²) in [7, 11) is 0. The first kappa shape index (κ1) is 15.3. The number of aryl methyl sites for hydroxylation is 2. The zero-order chi connectivity index (χ0) is 16.4. The number of fused-ring (bicyclic) bond motifs is 1. The van der Waals surface area contributed by atoms with Gasteiger partial charge in [0.2, 0.25) is 5.91 Å². The first-order valence-electron chi connectivity index (χ1n) is 7.64. The quantitative estimate of drug-likeness (QED) is 0.737. The van der Waals surface area contributed by atoms with Crippen molar-refractivity contribution in [3.63, 3.8) is 0 Å². The fraction of sp³-hybridized carbons (Fsp3) is 0.467. The van der Waals surface area contributed by atoms with Gasteiger partial charge in [0.25, 0.3) is 0 Å². The summed E-state index contributed by atoms with van der Waals surface area (Å²) in [6.07, 6.45) is 3.47. The molecule has 8 heteroatoms. The highest BCUT2D eigenvalue weighted by Crippen LogP contribution is 2.25. The van der Waals surface area contributed by atoms with Crippen LogP contribution >= 0.6 is 0 Å². The zero-order valence-electron chi connectivity index (χ0n) is 13.1. The van der Waals surface area contributed by atoms with Gasteiger partial charge in [0.1, 0.15) is 17.2 Å². The molecule has 0 bridgehead atoms. The molecule has 1 atom stereocenters. The van der Waals surface area contributed by atoms with E-state index in [4.69, 9.17) is 4.74 Å². The van der Waals surface area contributed by atoms with Crippen molar-refractivity contribution < 1.29 is 14.3 Å². The van der Waals surface area contributed by atoms with E-state index in [1.54, 1.807) is 6.92 Å². The number of ether oxygens (including phenoxy) is 1. The molecule has 2 heterocycles. The Kier molecular flexibility index (Phi) is 4.14. The molecular weight excluding hydrogens is 298 g/mol. The van der Waals surface area contributed by atoms with Crippen molar-refractivity contribution in [2.45, 2.75) is 33.1 Å². The van der Waals surface area contributed by atoms with Gasteiger partial charge in [-0.05, 0) is 26.7 Å². The van der Waals surface area contributed by atoms with E-state index in [0.717, 1.165) is 30.1 Å². The third-order valence-corrected chi connectivity index (χ3v) is 3.92. The third kappa shape index (κ3) is 3.10. The second kappa shape index (κ2) is 6.23. The largest absolute Gasteiger partial charge is 0.462 e. The number of H-pyrrole nitrogens is 2. The van der Waals surface area contributed by atoms with Gasteiger partial charge in [-0.1, -0.05) is 0 Å². The van der Waals surface area contributed by atoms with Crippen LogP contribution in [0.5, 0.6) is 0 Å². The Balaban J connectivity index is 1.69. The molecule has 3 rings (SSSR count). The van der Waals surface area contributed by atoms with Crippen molar-refractivity contribution in [3.05, 3.63) is 29.0 Å². The molecule has 0 spiro atoms. The minimum absolute atomic E-state index is 0.141. The van der Waals surface area contributed by atoms with Crippen molar-refractivity contribution in [1.29, 1.82) is 0 Å². The van der Waals surface area contributed by atoms with E-state index in [-0.39, 0.29) is 29.8 Å². The first-order chi connectivity index (χ1) is 11.1. The van der Waals surface area contributed by atoms with Crippen LogP contribution in [-0.2, 0) is 22.4 Å². The number of nitrogens with zero attached hydrogens (tertiary/aromatic N) is 2. The summed E-state index contributed by atoms with van der Waals surface area (Å²) in [6, 6.07) is 0. The topological polar surface area (TPSA) is 113 Å². The van der Waals surface area contributed by atoms with Gasteiger partial charge in [-0.2, -0.15) is 5.10 Å². The van der Waals surface area contributed by atoms with Crippen LogP contribution in [0.4, 0.5) is 5.82 Å². The first-order valence-corrected chi connectivity index (χ1v) is 7.64. The molecule has 0 aromatic carbocycles. The van der Waals surface area contributed by atoms with E-state index in [1.807, 2.05) is 6.92 Å². The number of imidazole rings is 1. The number of aromatic nitrogens is 4. The molecule has 122 valence electrons. The van der Waals surface area contributed by atoms with Gasteiger partial charge < -0.3 is 15.0 Å². The average Bonchev–Trinajstić information content (AvgIpc) is 3.11. The van der Waals surface area contributed by atoms with E-state index in [0.29, 0.717) is 6.42 Å². The second-order valence-corrected chi connectivity index (χ2v) is 5.56. The maximum Gasteiger partial charge on any atom is 0.343 e. The fourth-order valence-electron chi connectivity index (χ4n) is 2.82. The lowest BCUT2D eigenvalue weighted by Gasteiger charge is -2.20.